The quantitative estimate of drug-likeness (QED) is 0.794. The maximum absolute atomic E-state index is 5.56. The van der Waals surface area contributed by atoms with Crippen LogP contribution in [0.15, 0.2) is 12.3 Å². The Morgan fingerprint density at radius 1 is 1.30 bits per heavy atom. The van der Waals surface area contributed by atoms with Gasteiger partial charge >= 0.3 is 0 Å². The summed E-state index contributed by atoms with van der Waals surface area (Å²) in [5.41, 5.74) is 5.55. The highest BCUT2D eigenvalue weighted by molar-refractivity contribution is 5.32. The number of aromatic nitrogens is 2. The molecule has 1 aromatic rings. The minimum absolute atomic E-state index is 0.669. The first kappa shape index (κ1) is 15.0. The molecular formula is C14H25N5O. The molecule has 6 nitrogen and oxygen atoms in total. The molecule has 2 heterocycles. The van der Waals surface area contributed by atoms with E-state index >= 15 is 0 Å². The van der Waals surface area contributed by atoms with Crippen LogP contribution < -0.4 is 15.4 Å². The Kier molecular flexibility index (Phi) is 6.01. The van der Waals surface area contributed by atoms with Crippen LogP contribution in [0.3, 0.4) is 0 Å². The third-order valence-electron chi connectivity index (χ3n) is 3.40. The third kappa shape index (κ3) is 4.31. The predicted octanol–water partition coefficient (Wildman–Crippen LogP) is 0.736. The Labute approximate surface area is 120 Å². The van der Waals surface area contributed by atoms with Crippen molar-refractivity contribution in [3.05, 3.63) is 12.3 Å². The summed E-state index contributed by atoms with van der Waals surface area (Å²) >= 11 is 0. The van der Waals surface area contributed by atoms with Crippen LogP contribution in [0.4, 0.5) is 5.95 Å². The smallest absolute Gasteiger partial charge is 0.228 e. The maximum atomic E-state index is 5.56. The van der Waals surface area contributed by atoms with Gasteiger partial charge in [0.15, 0.2) is 0 Å². The summed E-state index contributed by atoms with van der Waals surface area (Å²) in [5, 5.41) is 0. The Morgan fingerprint density at radius 2 is 2.10 bits per heavy atom. The van der Waals surface area contributed by atoms with Crippen LogP contribution in [0, 0.1) is 0 Å². The number of nitrogens with two attached hydrogens (primary N) is 1. The number of ether oxygens (including phenoxy) is 1. The van der Waals surface area contributed by atoms with Gasteiger partial charge in [0.2, 0.25) is 11.8 Å². The second kappa shape index (κ2) is 8.01. The molecule has 0 radical (unpaired) electrons. The van der Waals surface area contributed by atoms with Crippen molar-refractivity contribution in [3.63, 3.8) is 0 Å². The van der Waals surface area contributed by atoms with E-state index in [4.69, 9.17) is 10.5 Å². The summed E-state index contributed by atoms with van der Waals surface area (Å²) in [6.07, 6.45) is 3.82. The highest BCUT2D eigenvalue weighted by Gasteiger charge is 2.18. The molecule has 0 saturated carbocycles. The molecule has 0 aliphatic carbocycles. The fourth-order valence-corrected chi connectivity index (χ4v) is 2.26. The molecule has 0 bridgehead atoms. The lowest BCUT2D eigenvalue weighted by Crippen LogP contribution is -2.47. The normalized spacial score (nSPS) is 16.4. The highest BCUT2D eigenvalue weighted by atomic mass is 16.5. The molecular weight excluding hydrogens is 254 g/mol. The second-order valence-electron chi connectivity index (χ2n) is 5.01. The van der Waals surface area contributed by atoms with Gasteiger partial charge in [-0.3, -0.25) is 4.90 Å². The van der Waals surface area contributed by atoms with E-state index in [0.29, 0.717) is 12.5 Å². The molecule has 6 heteroatoms. The molecule has 1 saturated heterocycles. The van der Waals surface area contributed by atoms with Gasteiger partial charge < -0.3 is 15.4 Å². The van der Waals surface area contributed by atoms with E-state index < -0.39 is 0 Å². The molecule has 1 aromatic heterocycles. The van der Waals surface area contributed by atoms with E-state index in [2.05, 4.69) is 26.7 Å². The van der Waals surface area contributed by atoms with Gasteiger partial charge in [0.1, 0.15) is 0 Å². The molecule has 0 unspecified atom stereocenters. The van der Waals surface area contributed by atoms with E-state index in [1.165, 1.54) is 0 Å². The van der Waals surface area contributed by atoms with Crippen LogP contribution in [0.1, 0.15) is 19.8 Å². The summed E-state index contributed by atoms with van der Waals surface area (Å²) < 4.78 is 5.56. The van der Waals surface area contributed by atoms with Crippen molar-refractivity contribution in [2.45, 2.75) is 19.8 Å². The third-order valence-corrected chi connectivity index (χ3v) is 3.40. The first-order chi connectivity index (χ1) is 9.83. The van der Waals surface area contributed by atoms with Crippen LogP contribution in [0.5, 0.6) is 5.88 Å². The molecule has 112 valence electrons. The number of hydrogen-bond donors (Lipinski definition) is 1. The summed E-state index contributed by atoms with van der Waals surface area (Å²) in [4.78, 5) is 13.5. The molecule has 1 fully saturated rings. The van der Waals surface area contributed by atoms with Crippen molar-refractivity contribution in [2.24, 2.45) is 5.73 Å². The lowest BCUT2D eigenvalue weighted by Gasteiger charge is -2.34. The number of nitrogens with zero attached hydrogens (tertiary/aromatic N) is 4. The first-order valence-electron chi connectivity index (χ1n) is 7.46. The van der Waals surface area contributed by atoms with Gasteiger partial charge in [-0.05, 0) is 25.9 Å². The molecule has 1 aliphatic heterocycles. The first-order valence-corrected chi connectivity index (χ1v) is 7.46. The van der Waals surface area contributed by atoms with Gasteiger partial charge in [0.25, 0.3) is 0 Å². The largest absolute Gasteiger partial charge is 0.478 e. The lowest BCUT2D eigenvalue weighted by molar-refractivity contribution is 0.254. The minimum Gasteiger partial charge on any atom is -0.478 e. The molecule has 0 amide bonds. The van der Waals surface area contributed by atoms with Crippen molar-refractivity contribution in [2.75, 3.05) is 50.8 Å². The van der Waals surface area contributed by atoms with E-state index in [1.54, 1.807) is 6.20 Å². The van der Waals surface area contributed by atoms with Crippen LogP contribution in [-0.2, 0) is 0 Å². The van der Waals surface area contributed by atoms with Crippen LogP contribution in [0.25, 0.3) is 0 Å². The predicted molar refractivity (Wildman–Crippen MR) is 80.1 cm³/mol. The highest BCUT2D eigenvalue weighted by Crippen LogP contribution is 2.15. The van der Waals surface area contributed by atoms with E-state index in [9.17, 15) is 0 Å². The number of rotatable bonds is 7. The van der Waals surface area contributed by atoms with Crippen molar-refractivity contribution < 1.29 is 4.74 Å². The molecule has 20 heavy (non-hydrogen) atoms. The SMILES string of the molecule is CCCOc1ccnc(N2CCN(CCCN)CC2)n1. The lowest BCUT2D eigenvalue weighted by atomic mass is 10.3. The summed E-state index contributed by atoms with van der Waals surface area (Å²) in [6.45, 7) is 8.65. The van der Waals surface area contributed by atoms with Crippen LogP contribution in [-0.4, -0.2) is 60.7 Å². The molecule has 0 atom stereocenters. The average molecular weight is 279 g/mol. The zero-order valence-corrected chi connectivity index (χ0v) is 12.3. The zero-order chi connectivity index (χ0) is 14.2. The Bertz CT molecular complexity index is 393. The van der Waals surface area contributed by atoms with E-state index in [-0.39, 0.29) is 0 Å². The Morgan fingerprint density at radius 3 is 2.80 bits per heavy atom. The summed E-state index contributed by atoms with van der Waals surface area (Å²) in [5.74, 6) is 1.44. The standard InChI is InChI=1S/C14H25N5O/c1-2-12-20-13-4-6-16-14(17-13)19-10-8-18(9-11-19)7-3-5-15/h4,6H,2-3,5,7-12,15H2,1H3. The van der Waals surface area contributed by atoms with Gasteiger partial charge in [-0.15, -0.1) is 0 Å². The monoisotopic (exact) mass is 279 g/mol. The summed E-state index contributed by atoms with van der Waals surface area (Å²) in [7, 11) is 0. The van der Waals surface area contributed by atoms with Gasteiger partial charge in [0.05, 0.1) is 6.61 Å². The Balaban J connectivity index is 1.86. The molecule has 2 N–H and O–H groups in total. The van der Waals surface area contributed by atoms with Gasteiger partial charge in [0, 0.05) is 38.4 Å². The Hall–Kier alpha value is -1.40. The number of piperazine rings is 1. The average Bonchev–Trinajstić information content (AvgIpc) is 2.52. The van der Waals surface area contributed by atoms with Crippen LogP contribution in [0.2, 0.25) is 0 Å². The molecule has 2 rings (SSSR count). The van der Waals surface area contributed by atoms with Crippen molar-refractivity contribution >= 4 is 5.95 Å². The number of anilines is 1. The van der Waals surface area contributed by atoms with Crippen molar-refractivity contribution in [3.8, 4) is 5.88 Å². The fraction of sp³-hybridized carbons (Fsp3) is 0.714. The topological polar surface area (TPSA) is 67.5 Å². The molecule has 0 spiro atoms. The van der Waals surface area contributed by atoms with Crippen LogP contribution >= 0.6 is 0 Å². The fourth-order valence-electron chi connectivity index (χ4n) is 2.26. The maximum Gasteiger partial charge on any atom is 0.228 e. The summed E-state index contributed by atoms with van der Waals surface area (Å²) in [6, 6.07) is 1.82. The molecule has 0 aromatic carbocycles. The van der Waals surface area contributed by atoms with Crippen molar-refractivity contribution in [1.29, 1.82) is 0 Å². The van der Waals surface area contributed by atoms with E-state index in [0.717, 1.165) is 58.1 Å². The van der Waals surface area contributed by atoms with Gasteiger partial charge in [-0.1, -0.05) is 6.92 Å². The zero-order valence-electron chi connectivity index (χ0n) is 12.3. The van der Waals surface area contributed by atoms with Gasteiger partial charge in [-0.25, -0.2) is 4.98 Å². The van der Waals surface area contributed by atoms with Gasteiger partial charge in [-0.2, -0.15) is 4.98 Å². The minimum atomic E-state index is 0.669. The molecule has 1 aliphatic rings. The second-order valence-corrected chi connectivity index (χ2v) is 5.01. The van der Waals surface area contributed by atoms with E-state index in [1.807, 2.05) is 6.07 Å². The van der Waals surface area contributed by atoms with Crippen molar-refractivity contribution in [1.82, 2.24) is 14.9 Å². The number of hydrogen-bond acceptors (Lipinski definition) is 6.